The fourth-order valence-corrected chi connectivity index (χ4v) is 6.99. The number of anilines is 3. The molecule has 0 saturated carbocycles. The second-order valence-electron chi connectivity index (χ2n) is 11.4. The van der Waals surface area contributed by atoms with Crippen molar-refractivity contribution in [3.8, 4) is 33.6 Å². The molecular formula is C37H23N5S2. The van der Waals surface area contributed by atoms with Crippen LogP contribution in [-0.2, 0) is 5.41 Å². The van der Waals surface area contributed by atoms with Crippen LogP contribution in [0.4, 0.5) is 28.7 Å². The average molecular weight is 602 g/mol. The van der Waals surface area contributed by atoms with E-state index in [1.54, 1.807) is 0 Å². The van der Waals surface area contributed by atoms with Gasteiger partial charge in [0.2, 0.25) is 11.6 Å². The van der Waals surface area contributed by atoms with Crippen molar-refractivity contribution in [1.29, 1.82) is 0 Å². The van der Waals surface area contributed by atoms with Crippen LogP contribution in [-0.4, -0.2) is 20.3 Å². The Balaban J connectivity index is 1.25. The molecule has 0 N–H and O–H groups in total. The number of aliphatic imine (C=N–C) groups is 2. The van der Waals surface area contributed by atoms with Gasteiger partial charge in [-0.25, -0.2) is 9.97 Å². The van der Waals surface area contributed by atoms with Gasteiger partial charge in [-0.3, -0.25) is 0 Å². The van der Waals surface area contributed by atoms with Crippen LogP contribution < -0.4 is 4.90 Å². The second-order valence-corrected chi connectivity index (χ2v) is 11.8. The van der Waals surface area contributed by atoms with Gasteiger partial charge < -0.3 is 4.90 Å². The molecule has 5 nitrogen and oxygen atoms in total. The number of hydrogen-bond donors (Lipinski definition) is 0. The van der Waals surface area contributed by atoms with E-state index in [0.717, 1.165) is 50.1 Å². The molecule has 1 aliphatic heterocycles. The zero-order chi connectivity index (χ0) is 30.0. The first-order valence-electron chi connectivity index (χ1n) is 14.2. The van der Waals surface area contributed by atoms with Crippen LogP contribution >= 0.6 is 24.4 Å². The number of para-hydroxylation sites is 2. The van der Waals surface area contributed by atoms with Gasteiger partial charge in [-0.2, -0.15) is 9.98 Å². The van der Waals surface area contributed by atoms with E-state index in [0.29, 0.717) is 0 Å². The van der Waals surface area contributed by atoms with E-state index in [9.17, 15) is 0 Å². The molecule has 44 heavy (non-hydrogen) atoms. The third-order valence-electron chi connectivity index (χ3n) is 8.79. The van der Waals surface area contributed by atoms with Crippen molar-refractivity contribution in [2.45, 2.75) is 19.3 Å². The number of rotatable bonds is 4. The zero-order valence-electron chi connectivity index (χ0n) is 23.9. The maximum Gasteiger partial charge on any atom is 0.209 e. The highest BCUT2D eigenvalue weighted by Gasteiger charge is 2.36. The van der Waals surface area contributed by atoms with Crippen molar-refractivity contribution in [2.75, 3.05) is 4.90 Å². The highest BCUT2D eigenvalue weighted by molar-refractivity contribution is 7.78. The van der Waals surface area contributed by atoms with E-state index < -0.39 is 0 Å². The number of fused-ring (bicyclic) bond motifs is 5. The van der Waals surface area contributed by atoms with Gasteiger partial charge in [-0.05, 0) is 76.3 Å². The molecule has 2 aliphatic rings. The van der Waals surface area contributed by atoms with Crippen molar-refractivity contribution in [2.24, 2.45) is 9.98 Å². The van der Waals surface area contributed by atoms with Crippen molar-refractivity contribution in [1.82, 2.24) is 9.97 Å². The minimum atomic E-state index is -0.0942. The molecule has 2 heterocycles. The van der Waals surface area contributed by atoms with Gasteiger partial charge in [0.05, 0.1) is 33.1 Å². The number of aromatic nitrogens is 2. The molecule has 208 valence electrons. The Labute approximate surface area is 265 Å². The zero-order valence-corrected chi connectivity index (χ0v) is 25.5. The summed E-state index contributed by atoms with van der Waals surface area (Å²) in [6.45, 7) is 4.61. The lowest BCUT2D eigenvalue weighted by Gasteiger charge is -2.42. The Bertz CT molecular complexity index is 2180. The normalized spacial score (nSPS) is 13.4. The van der Waals surface area contributed by atoms with Crippen LogP contribution in [0.3, 0.4) is 0 Å². The SMILES string of the molecule is CC1(C)c2ccccc2N(c2ccc(-c3ccc4c5c(cccc35)-c3nc(N=C=S)c(N=C=S)nc3-4)cc2)c2ccccc21. The smallest absolute Gasteiger partial charge is 0.209 e. The molecule has 5 aromatic carbocycles. The maximum atomic E-state index is 4.83. The van der Waals surface area contributed by atoms with E-state index in [2.05, 4.69) is 142 Å². The Hall–Kier alpha value is -5.16. The summed E-state index contributed by atoms with van der Waals surface area (Å²) in [5.41, 5.74) is 11.8. The molecule has 0 atom stereocenters. The molecule has 6 aromatic rings. The molecule has 0 unspecified atom stereocenters. The number of isothiocyanates is 2. The molecule has 0 fully saturated rings. The van der Waals surface area contributed by atoms with E-state index in [-0.39, 0.29) is 17.1 Å². The van der Waals surface area contributed by atoms with Crippen molar-refractivity contribution in [3.63, 3.8) is 0 Å². The number of nitrogens with zero attached hydrogens (tertiary/aromatic N) is 5. The fourth-order valence-electron chi connectivity index (χ4n) is 6.82. The maximum absolute atomic E-state index is 4.83. The van der Waals surface area contributed by atoms with Crippen molar-refractivity contribution in [3.05, 3.63) is 114 Å². The molecule has 0 radical (unpaired) electrons. The van der Waals surface area contributed by atoms with Gasteiger partial charge in [0.1, 0.15) is 0 Å². The Morgan fingerprint density at radius 3 is 1.75 bits per heavy atom. The summed E-state index contributed by atoms with van der Waals surface area (Å²) in [5.74, 6) is 0.557. The predicted molar refractivity (Wildman–Crippen MR) is 186 cm³/mol. The largest absolute Gasteiger partial charge is 0.310 e. The van der Waals surface area contributed by atoms with E-state index in [1.165, 1.54) is 22.5 Å². The van der Waals surface area contributed by atoms with E-state index in [4.69, 9.17) is 34.4 Å². The molecule has 1 aromatic heterocycles. The predicted octanol–water partition coefficient (Wildman–Crippen LogP) is 10.5. The lowest BCUT2D eigenvalue weighted by Crippen LogP contribution is -2.30. The Morgan fingerprint density at radius 1 is 0.614 bits per heavy atom. The molecule has 0 bridgehead atoms. The van der Waals surface area contributed by atoms with E-state index in [1.807, 2.05) is 0 Å². The van der Waals surface area contributed by atoms with Gasteiger partial charge in [0.25, 0.3) is 0 Å². The highest BCUT2D eigenvalue weighted by Crippen LogP contribution is 2.52. The lowest BCUT2D eigenvalue weighted by atomic mass is 9.73. The quantitative estimate of drug-likeness (QED) is 0.148. The lowest BCUT2D eigenvalue weighted by molar-refractivity contribution is 0.632. The minimum Gasteiger partial charge on any atom is -0.310 e. The molecule has 7 heteroatoms. The summed E-state index contributed by atoms with van der Waals surface area (Å²) in [4.78, 5) is 20.1. The molecule has 8 rings (SSSR count). The third kappa shape index (κ3) is 3.78. The van der Waals surface area contributed by atoms with Gasteiger partial charge in [0, 0.05) is 27.6 Å². The molecule has 0 amide bonds. The standard InChI is InChI=1S/C37H23N5S2/c1-37(2)28-10-3-5-12-30(28)42(31-13-6-4-11-29(31)37)23-16-14-22(15-17-23)24-18-19-27-32-25(24)8-7-9-26(32)33-34(27)41-36(39-21-44)35(40-33)38-20-43/h3-19H,1-2H3. The summed E-state index contributed by atoms with van der Waals surface area (Å²) in [6.07, 6.45) is 0. The molecular weight excluding hydrogens is 579 g/mol. The third-order valence-corrected chi connectivity index (χ3v) is 8.97. The number of benzene rings is 5. The molecule has 0 spiro atoms. The van der Waals surface area contributed by atoms with Crippen LogP contribution in [0.1, 0.15) is 25.0 Å². The fraction of sp³-hybridized carbons (Fsp3) is 0.0811. The minimum absolute atomic E-state index is 0.0942. The monoisotopic (exact) mass is 601 g/mol. The highest BCUT2D eigenvalue weighted by atomic mass is 32.1. The number of hydrogen-bond acceptors (Lipinski definition) is 7. The first kappa shape index (κ1) is 26.5. The number of thiocarbonyl (C=S) groups is 2. The van der Waals surface area contributed by atoms with Crippen LogP contribution in [0.25, 0.3) is 44.4 Å². The van der Waals surface area contributed by atoms with Gasteiger partial charge >= 0.3 is 0 Å². The summed E-state index contributed by atoms with van der Waals surface area (Å²) < 4.78 is 0. The summed E-state index contributed by atoms with van der Waals surface area (Å²) in [7, 11) is 0. The van der Waals surface area contributed by atoms with Crippen LogP contribution in [0.15, 0.2) is 113 Å². The summed E-state index contributed by atoms with van der Waals surface area (Å²) in [6, 6.07) is 36.8. The molecule has 1 aliphatic carbocycles. The Kier molecular flexibility index (Phi) is 5.99. The first-order valence-corrected chi connectivity index (χ1v) is 15.1. The van der Waals surface area contributed by atoms with Gasteiger partial charge in [-0.1, -0.05) is 92.7 Å². The summed E-state index contributed by atoms with van der Waals surface area (Å²) >= 11 is 9.67. The van der Waals surface area contributed by atoms with Crippen LogP contribution in [0.5, 0.6) is 0 Å². The molecule has 0 saturated heterocycles. The van der Waals surface area contributed by atoms with Gasteiger partial charge in [0.15, 0.2) is 0 Å². The first-order chi connectivity index (χ1) is 21.5. The second kappa shape index (κ2) is 9.95. The Morgan fingerprint density at radius 2 is 1.16 bits per heavy atom. The van der Waals surface area contributed by atoms with Crippen molar-refractivity contribution >= 4 is 74.2 Å². The summed E-state index contributed by atoms with van der Waals surface area (Å²) in [5, 5.41) is 6.98. The van der Waals surface area contributed by atoms with Gasteiger partial charge in [-0.15, -0.1) is 0 Å². The average Bonchev–Trinajstić information content (AvgIpc) is 3.36. The van der Waals surface area contributed by atoms with Crippen LogP contribution in [0, 0.1) is 0 Å². The van der Waals surface area contributed by atoms with Crippen LogP contribution in [0.2, 0.25) is 0 Å². The van der Waals surface area contributed by atoms with E-state index >= 15 is 0 Å². The topological polar surface area (TPSA) is 53.7 Å². The van der Waals surface area contributed by atoms with Crippen molar-refractivity contribution < 1.29 is 0 Å².